The molecule has 2 aromatic carbocycles. The Kier molecular flexibility index (Phi) is 9.37. The monoisotopic (exact) mass is 676 g/mol. The average Bonchev–Trinajstić information content (AvgIpc) is 3.51. The summed E-state index contributed by atoms with van der Waals surface area (Å²) in [6.07, 6.45) is 2.26. The van der Waals surface area contributed by atoms with Crippen LogP contribution in [0.4, 0.5) is 5.69 Å². The van der Waals surface area contributed by atoms with E-state index in [4.69, 9.17) is 11.6 Å². The number of piperidine rings is 1. The number of amides is 3. The lowest BCUT2D eigenvalue weighted by Gasteiger charge is -2.34. The minimum Gasteiger partial charge on any atom is -0.343 e. The van der Waals surface area contributed by atoms with Gasteiger partial charge in [-0.05, 0) is 97.0 Å². The standard InChI is InChI=1S/C31H38ClIN4O3/c1-21-8-9-26(16-28(21)32)37(30(39)23-10-14-35(15-11-23)22(2)38)13-5-12-34-17-24-19-36(20-25(24)18-34)31(40)27-6-3-4-7-29(27)33/h3-4,6-9,16,23-25H,5,10-15,17-20H2,1-2H3. The normalized spacial score (nSPS) is 21.5. The topological polar surface area (TPSA) is 64.2 Å². The lowest BCUT2D eigenvalue weighted by atomic mass is 9.94. The van der Waals surface area contributed by atoms with Gasteiger partial charge in [-0.3, -0.25) is 14.4 Å². The lowest BCUT2D eigenvalue weighted by Crippen LogP contribution is -2.44. The van der Waals surface area contributed by atoms with Gasteiger partial charge >= 0.3 is 0 Å². The Morgan fingerprint density at radius 3 is 2.27 bits per heavy atom. The predicted molar refractivity (Wildman–Crippen MR) is 167 cm³/mol. The number of anilines is 1. The summed E-state index contributed by atoms with van der Waals surface area (Å²) in [5, 5.41) is 0.665. The van der Waals surface area contributed by atoms with Crippen molar-refractivity contribution in [3.63, 3.8) is 0 Å². The summed E-state index contributed by atoms with van der Waals surface area (Å²) in [4.78, 5) is 46.9. The van der Waals surface area contributed by atoms with Crippen molar-refractivity contribution in [2.45, 2.75) is 33.1 Å². The summed E-state index contributed by atoms with van der Waals surface area (Å²) in [5.74, 6) is 1.27. The molecule has 5 rings (SSSR count). The molecule has 0 saturated carbocycles. The first-order valence-electron chi connectivity index (χ1n) is 14.3. The number of likely N-dealkylation sites (tertiary alicyclic amines) is 3. The smallest absolute Gasteiger partial charge is 0.254 e. The van der Waals surface area contributed by atoms with Crippen molar-refractivity contribution in [1.82, 2.24) is 14.7 Å². The average molecular weight is 677 g/mol. The molecule has 0 radical (unpaired) electrons. The second kappa shape index (κ2) is 12.8. The van der Waals surface area contributed by atoms with Gasteiger partial charge in [-0.25, -0.2) is 0 Å². The summed E-state index contributed by atoms with van der Waals surface area (Å²) < 4.78 is 1.00. The van der Waals surface area contributed by atoms with Crippen LogP contribution in [0.5, 0.6) is 0 Å². The number of carbonyl (C=O) groups is 3. The number of fused-ring (bicyclic) bond motifs is 1. The molecule has 40 heavy (non-hydrogen) atoms. The number of carbonyl (C=O) groups excluding carboxylic acids is 3. The molecule has 9 heteroatoms. The van der Waals surface area contributed by atoms with Crippen molar-refractivity contribution in [3.05, 3.63) is 62.2 Å². The summed E-state index contributed by atoms with van der Waals surface area (Å²) in [5.41, 5.74) is 2.64. The van der Waals surface area contributed by atoms with Crippen molar-refractivity contribution in [3.8, 4) is 0 Å². The van der Waals surface area contributed by atoms with Gasteiger partial charge in [-0.1, -0.05) is 29.8 Å². The van der Waals surface area contributed by atoms with Gasteiger partial charge in [0.15, 0.2) is 0 Å². The molecule has 214 valence electrons. The second-order valence-electron chi connectivity index (χ2n) is 11.5. The van der Waals surface area contributed by atoms with Gasteiger partial charge in [0.1, 0.15) is 0 Å². The highest BCUT2D eigenvalue weighted by molar-refractivity contribution is 14.1. The number of nitrogens with zero attached hydrogens (tertiary/aromatic N) is 4. The van der Waals surface area contributed by atoms with E-state index in [-0.39, 0.29) is 23.6 Å². The highest BCUT2D eigenvalue weighted by Crippen LogP contribution is 2.33. The van der Waals surface area contributed by atoms with Crippen LogP contribution < -0.4 is 4.90 Å². The highest BCUT2D eigenvalue weighted by Gasteiger charge is 2.41. The van der Waals surface area contributed by atoms with Crippen LogP contribution in [0.15, 0.2) is 42.5 Å². The molecule has 0 aromatic heterocycles. The zero-order valence-corrected chi connectivity index (χ0v) is 26.2. The molecule has 0 bridgehead atoms. The first-order chi connectivity index (χ1) is 19.2. The Hall–Kier alpha value is -2.17. The summed E-state index contributed by atoms with van der Waals surface area (Å²) in [6, 6.07) is 13.7. The fourth-order valence-corrected chi connectivity index (χ4v) is 7.27. The minimum absolute atomic E-state index is 0.0748. The van der Waals surface area contributed by atoms with Crippen molar-refractivity contribution in [1.29, 1.82) is 0 Å². The van der Waals surface area contributed by atoms with Crippen LogP contribution in [-0.2, 0) is 9.59 Å². The van der Waals surface area contributed by atoms with Crippen LogP contribution in [0.2, 0.25) is 5.02 Å². The molecule has 2 unspecified atom stereocenters. The van der Waals surface area contributed by atoms with Gasteiger partial charge in [0.25, 0.3) is 5.91 Å². The molecule has 3 heterocycles. The molecule has 3 amide bonds. The molecule has 3 aliphatic rings. The van der Waals surface area contributed by atoms with E-state index in [1.165, 1.54) is 0 Å². The van der Waals surface area contributed by atoms with Crippen LogP contribution >= 0.6 is 34.2 Å². The Bertz CT molecular complexity index is 1250. The molecule has 0 N–H and O–H groups in total. The third-order valence-corrected chi connectivity index (χ3v) is 10.2. The van der Waals surface area contributed by atoms with E-state index in [1.54, 1.807) is 6.92 Å². The molecule has 0 spiro atoms. The zero-order valence-electron chi connectivity index (χ0n) is 23.3. The zero-order chi connectivity index (χ0) is 28.4. The van der Waals surface area contributed by atoms with Crippen molar-refractivity contribution < 1.29 is 14.4 Å². The number of aryl methyl sites for hydroxylation is 1. The van der Waals surface area contributed by atoms with Gasteiger partial charge in [0.2, 0.25) is 11.8 Å². The number of rotatable bonds is 7. The SMILES string of the molecule is CC(=O)N1CCC(C(=O)N(CCCN2CC3CN(C(=O)c4ccccc4I)CC3C2)c2ccc(C)c(Cl)c2)CC1. The van der Waals surface area contributed by atoms with E-state index < -0.39 is 0 Å². The summed E-state index contributed by atoms with van der Waals surface area (Å²) in [6.45, 7) is 10.00. The van der Waals surface area contributed by atoms with E-state index in [9.17, 15) is 14.4 Å². The molecule has 3 aliphatic heterocycles. The molecule has 2 atom stereocenters. The second-order valence-corrected chi connectivity index (χ2v) is 13.1. The van der Waals surface area contributed by atoms with Gasteiger partial charge in [-0.2, -0.15) is 0 Å². The highest BCUT2D eigenvalue weighted by atomic mass is 127. The van der Waals surface area contributed by atoms with E-state index in [0.717, 1.165) is 59.5 Å². The van der Waals surface area contributed by atoms with E-state index >= 15 is 0 Å². The minimum atomic E-state index is -0.0852. The Balaban J connectivity index is 1.16. The number of hydrogen-bond donors (Lipinski definition) is 0. The quantitative estimate of drug-likeness (QED) is 0.390. The van der Waals surface area contributed by atoms with Gasteiger partial charge in [0.05, 0.1) is 5.56 Å². The molecule has 7 nitrogen and oxygen atoms in total. The number of hydrogen-bond acceptors (Lipinski definition) is 4. The van der Waals surface area contributed by atoms with Gasteiger partial charge < -0.3 is 19.6 Å². The third-order valence-electron chi connectivity index (χ3n) is 8.83. The van der Waals surface area contributed by atoms with Crippen LogP contribution in [-0.4, -0.2) is 84.8 Å². The predicted octanol–water partition coefficient (Wildman–Crippen LogP) is 4.94. The molecular formula is C31H38ClIN4O3. The summed E-state index contributed by atoms with van der Waals surface area (Å²) >= 11 is 8.70. The maximum atomic E-state index is 13.7. The first-order valence-corrected chi connectivity index (χ1v) is 15.8. The van der Waals surface area contributed by atoms with Crippen LogP contribution in [0, 0.1) is 28.2 Å². The lowest BCUT2D eigenvalue weighted by molar-refractivity contribution is -0.133. The maximum Gasteiger partial charge on any atom is 0.254 e. The Morgan fingerprint density at radius 1 is 0.975 bits per heavy atom. The molecule has 2 aromatic rings. The molecule has 0 aliphatic carbocycles. The fraction of sp³-hybridized carbons (Fsp3) is 0.516. The van der Waals surface area contributed by atoms with E-state index in [0.29, 0.717) is 49.3 Å². The molecule has 3 fully saturated rings. The van der Waals surface area contributed by atoms with Crippen molar-refractivity contribution in [2.24, 2.45) is 17.8 Å². The van der Waals surface area contributed by atoms with Crippen LogP contribution in [0.3, 0.4) is 0 Å². The number of halogens is 2. The largest absolute Gasteiger partial charge is 0.343 e. The van der Waals surface area contributed by atoms with E-state index in [2.05, 4.69) is 27.5 Å². The number of benzene rings is 2. The van der Waals surface area contributed by atoms with Crippen molar-refractivity contribution >= 4 is 57.6 Å². The first kappa shape index (κ1) is 29.3. The van der Waals surface area contributed by atoms with Crippen LogP contribution in [0.1, 0.15) is 42.1 Å². The summed E-state index contributed by atoms with van der Waals surface area (Å²) in [7, 11) is 0. The molecular weight excluding hydrogens is 639 g/mol. The van der Waals surface area contributed by atoms with Gasteiger partial charge in [0, 0.05) is 72.9 Å². The van der Waals surface area contributed by atoms with Crippen molar-refractivity contribution in [2.75, 3.05) is 57.3 Å². The van der Waals surface area contributed by atoms with Crippen LogP contribution in [0.25, 0.3) is 0 Å². The van der Waals surface area contributed by atoms with Gasteiger partial charge in [-0.15, -0.1) is 0 Å². The van der Waals surface area contributed by atoms with E-state index in [1.807, 2.05) is 64.1 Å². The fourth-order valence-electron chi connectivity index (χ4n) is 6.47. The molecule has 3 saturated heterocycles. The maximum absolute atomic E-state index is 13.7. The Morgan fingerprint density at radius 2 is 1.65 bits per heavy atom. The Labute approximate surface area is 255 Å². The third kappa shape index (κ3) is 6.49.